The number of hydrogen-bond acceptors (Lipinski definition) is 6. The fourth-order valence-electron chi connectivity index (χ4n) is 4.19. The number of carbonyl (C=O) groups is 2. The van der Waals surface area contributed by atoms with Gasteiger partial charge in [0.05, 0.1) is 18.1 Å². The molecule has 4 rings (SSSR count). The largest absolute Gasteiger partial charge is 0.484 e. The van der Waals surface area contributed by atoms with E-state index in [0.717, 1.165) is 12.8 Å². The van der Waals surface area contributed by atoms with Crippen molar-refractivity contribution in [3.8, 4) is 5.75 Å². The van der Waals surface area contributed by atoms with Crippen molar-refractivity contribution in [3.05, 3.63) is 60.2 Å². The average Bonchev–Trinajstić information content (AvgIpc) is 2.92. The lowest BCUT2D eigenvalue weighted by molar-refractivity contribution is -0.134. The number of nitrogens with zero attached hydrogens (tertiary/aromatic N) is 2. The first kappa shape index (κ1) is 25.2. The first-order valence-corrected chi connectivity index (χ1v) is 13.3. The number of piperidine rings is 1. The van der Waals surface area contributed by atoms with Crippen LogP contribution in [0.1, 0.15) is 23.2 Å². The molecule has 2 aliphatic rings. The Morgan fingerprint density at radius 3 is 2.26 bits per heavy atom. The molecule has 9 nitrogen and oxygen atoms in total. The number of hydrogen-bond donors (Lipinski definition) is 1. The van der Waals surface area contributed by atoms with Crippen LogP contribution in [-0.4, -0.2) is 82.0 Å². The van der Waals surface area contributed by atoms with Crippen LogP contribution in [0.4, 0.5) is 0 Å². The summed E-state index contributed by atoms with van der Waals surface area (Å²) in [6.07, 6.45) is 1.60. The quantitative estimate of drug-likeness (QED) is 0.591. The highest BCUT2D eigenvalue weighted by Gasteiger charge is 2.27. The number of amides is 2. The number of nitrogens with one attached hydrogen (secondary N) is 1. The Morgan fingerprint density at radius 1 is 0.943 bits per heavy atom. The number of carbonyl (C=O) groups excluding carboxylic acids is 2. The fraction of sp³-hybridized carbons (Fsp3) is 0.440. The van der Waals surface area contributed by atoms with E-state index in [1.54, 1.807) is 4.90 Å². The van der Waals surface area contributed by atoms with Crippen LogP contribution in [0, 0.1) is 5.92 Å². The first-order chi connectivity index (χ1) is 16.9. The zero-order chi connectivity index (χ0) is 24.7. The highest BCUT2D eigenvalue weighted by atomic mass is 32.2. The summed E-state index contributed by atoms with van der Waals surface area (Å²) in [6, 6.07) is 15.3. The smallest absolute Gasteiger partial charge is 0.260 e. The molecular formula is C25H31N3O6S. The predicted molar refractivity (Wildman–Crippen MR) is 130 cm³/mol. The number of likely N-dealkylation sites (tertiary alicyclic amines) is 1. The molecule has 10 heteroatoms. The average molecular weight is 502 g/mol. The molecular weight excluding hydrogens is 470 g/mol. The van der Waals surface area contributed by atoms with Crippen molar-refractivity contribution in [2.24, 2.45) is 5.92 Å². The van der Waals surface area contributed by atoms with Crippen molar-refractivity contribution >= 4 is 21.8 Å². The van der Waals surface area contributed by atoms with Gasteiger partial charge in [0, 0.05) is 38.3 Å². The summed E-state index contributed by atoms with van der Waals surface area (Å²) in [5.74, 6) is 0.669. The molecule has 0 bridgehead atoms. The third-order valence-corrected chi connectivity index (χ3v) is 8.26. The maximum atomic E-state index is 12.7. The molecule has 2 saturated heterocycles. The molecule has 2 aromatic rings. The number of para-hydroxylation sites is 1. The van der Waals surface area contributed by atoms with Crippen molar-refractivity contribution in [1.82, 2.24) is 14.5 Å². The van der Waals surface area contributed by atoms with E-state index in [1.165, 1.54) is 28.6 Å². The van der Waals surface area contributed by atoms with Crippen LogP contribution in [0.3, 0.4) is 0 Å². The molecule has 0 radical (unpaired) electrons. The molecule has 2 fully saturated rings. The molecule has 0 spiro atoms. The molecule has 2 amide bonds. The Hall–Kier alpha value is -2.95. The summed E-state index contributed by atoms with van der Waals surface area (Å²) in [4.78, 5) is 27.0. The van der Waals surface area contributed by atoms with Crippen LogP contribution in [-0.2, 0) is 19.6 Å². The zero-order valence-corrected chi connectivity index (χ0v) is 20.4. The van der Waals surface area contributed by atoms with Crippen LogP contribution in [0.5, 0.6) is 5.75 Å². The standard InChI is InChI=1S/C25H31N3O6S/c29-24(19-34-22-4-2-1-3-5-22)27-12-10-20(11-13-27)18-26-25(30)21-6-8-23(9-7-21)35(31,32)28-14-16-33-17-15-28/h1-9,20H,10-19H2,(H,26,30). The monoisotopic (exact) mass is 501 g/mol. The molecule has 188 valence electrons. The number of benzene rings is 2. The van der Waals surface area contributed by atoms with Gasteiger partial charge in [0.1, 0.15) is 5.75 Å². The second-order valence-corrected chi connectivity index (χ2v) is 10.6. The van der Waals surface area contributed by atoms with Crippen molar-refractivity contribution in [3.63, 3.8) is 0 Å². The van der Waals surface area contributed by atoms with Gasteiger partial charge in [-0.3, -0.25) is 9.59 Å². The van der Waals surface area contributed by atoms with Crippen molar-refractivity contribution in [2.45, 2.75) is 17.7 Å². The van der Waals surface area contributed by atoms with Crippen molar-refractivity contribution < 1.29 is 27.5 Å². The van der Waals surface area contributed by atoms with Crippen LogP contribution >= 0.6 is 0 Å². The normalized spacial score (nSPS) is 17.7. The molecule has 2 aromatic carbocycles. The minimum absolute atomic E-state index is 0.0165. The van der Waals surface area contributed by atoms with Gasteiger partial charge in [-0.15, -0.1) is 0 Å². The maximum absolute atomic E-state index is 12.7. The van der Waals surface area contributed by atoms with Gasteiger partial charge in [-0.25, -0.2) is 8.42 Å². The highest BCUT2D eigenvalue weighted by molar-refractivity contribution is 7.89. The van der Waals surface area contributed by atoms with Gasteiger partial charge < -0.3 is 19.7 Å². The summed E-state index contributed by atoms with van der Waals surface area (Å²) in [7, 11) is -3.59. The fourth-order valence-corrected chi connectivity index (χ4v) is 5.60. The number of morpholine rings is 1. The number of sulfonamides is 1. The zero-order valence-electron chi connectivity index (χ0n) is 19.6. The molecule has 0 atom stereocenters. The second-order valence-electron chi connectivity index (χ2n) is 8.68. The van der Waals surface area contributed by atoms with E-state index in [-0.39, 0.29) is 29.2 Å². The van der Waals surface area contributed by atoms with Gasteiger partial charge in [-0.1, -0.05) is 18.2 Å². The van der Waals surface area contributed by atoms with E-state index in [4.69, 9.17) is 9.47 Å². The van der Waals surface area contributed by atoms with Crippen molar-refractivity contribution in [2.75, 3.05) is 52.5 Å². The predicted octanol–water partition coefficient (Wildman–Crippen LogP) is 1.75. The molecule has 0 aliphatic carbocycles. The van der Waals surface area contributed by atoms with E-state index in [0.29, 0.717) is 57.3 Å². The van der Waals surface area contributed by atoms with E-state index in [2.05, 4.69) is 5.32 Å². The molecule has 0 aromatic heterocycles. The summed E-state index contributed by atoms with van der Waals surface area (Å²) < 4.78 is 37.6. The molecule has 35 heavy (non-hydrogen) atoms. The van der Waals surface area contributed by atoms with Gasteiger partial charge in [0.25, 0.3) is 11.8 Å². The van der Waals surface area contributed by atoms with Crippen molar-refractivity contribution in [1.29, 1.82) is 0 Å². The maximum Gasteiger partial charge on any atom is 0.260 e. The van der Waals surface area contributed by atoms with Gasteiger partial charge in [0.2, 0.25) is 10.0 Å². The topological polar surface area (TPSA) is 105 Å². The van der Waals surface area contributed by atoms with Gasteiger partial charge >= 0.3 is 0 Å². The lowest BCUT2D eigenvalue weighted by Gasteiger charge is -2.32. The van der Waals surface area contributed by atoms with Crippen LogP contribution < -0.4 is 10.1 Å². The van der Waals surface area contributed by atoms with Crippen LogP contribution in [0.25, 0.3) is 0 Å². The van der Waals surface area contributed by atoms with E-state index >= 15 is 0 Å². The third kappa shape index (κ3) is 6.59. The minimum Gasteiger partial charge on any atom is -0.484 e. The van der Waals surface area contributed by atoms with Gasteiger partial charge in [0.15, 0.2) is 6.61 Å². The Morgan fingerprint density at radius 2 is 1.60 bits per heavy atom. The molecule has 2 heterocycles. The van der Waals surface area contributed by atoms with E-state index in [9.17, 15) is 18.0 Å². The molecule has 1 N–H and O–H groups in total. The van der Waals surface area contributed by atoms with E-state index < -0.39 is 10.0 Å². The number of ether oxygens (including phenoxy) is 2. The summed E-state index contributed by atoms with van der Waals surface area (Å²) >= 11 is 0. The Balaban J connectivity index is 1.20. The SMILES string of the molecule is O=C(NCC1CCN(C(=O)COc2ccccc2)CC1)c1ccc(S(=O)(=O)N2CCOCC2)cc1. The second kappa shape index (κ2) is 11.7. The Kier molecular flexibility index (Phi) is 8.37. The molecule has 0 saturated carbocycles. The Labute approximate surface area is 206 Å². The molecule has 2 aliphatic heterocycles. The van der Waals surface area contributed by atoms with E-state index in [1.807, 2.05) is 30.3 Å². The van der Waals surface area contributed by atoms with Gasteiger partial charge in [-0.2, -0.15) is 4.31 Å². The summed E-state index contributed by atoms with van der Waals surface area (Å²) in [5, 5.41) is 2.94. The number of rotatable bonds is 8. The molecule has 0 unspecified atom stereocenters. The van der Waals surface area contributed by atoms with Crippen LogP contribution in [0.15, 0.2) is 59.5 Å². The third-order valence-electron chi connectivity index (χ3n) is 6.35. The van der Waals surface area contributed by atoms with Gasteiger partial charge in [-0.05, 0) is 55.2 Å². The lowest BCUT2D eigenvalue weighted by Crippen LogP contribution is -2.43. The summed E-state index contributed by atoms with van der Waals surface area (Å²) in [6.45, 7) is 3.21. The summed E-state index contributed by atoms with van der Waals surface area (Å²) in [5.41, 5.74) is 0.414. The first-order valence-electron chi connectivity index (χ1n) is 11.9. The van der Waals surface area contributed by atoms with Crippen LogP contribution in [0.2, 0.25) is 0 Å². The highest BCUT2D eigenvalue weighted by Crippen LogP contribution is 2.19. The Bertz CT molecular complexity index is 1090. The minimum atomic E-state index is -3.59. The lowest BCUT2D eigenvalue weighted by atomic mass is 9.96.